The molecule has 256 valence electrons. The first-order valence-corrected chi connectivity index (χ1v) is 17.2. The first-order valence-electron chi connectivity index (χ1n) is 17.2. The van der Waals surface area contributed by atoms with Gasteiger partial charge in [0.2, 0.25) is 0 Å². The van der Waals surface area contributed by atoms with E-state index in [1.807, 2.05) is 28.0 Å². The maximum Gasteiger partial charge on any atom is 0.410 e. The molecule has 0 radical (unpaired) electrons. The molecule has 2 N–H and O–H groups in total. The second-order valence-corrected chi connectivity index (χ2v) is 13.5. The Kier molecular flexibility index (Phi) is 11.5. The number of carbonyl (C=O) groups is 3. The molecule has 4 amide bonds. The fourth-order valence-electron chi connectivity index (χ4n) is 7.63. The van der Waals surface area contributed by atoms with E-state index < -0.39 is 12.2 Å². The van der Waals surface area contributed by atoms with Crippen molar-refractivity contribution in [2.75, 3.05) is 64.2 Å². The van der Waals surface area contributed by atoms with Crippen molar-refractivity contribution in [1.29, 1.82) is 0 Å². The standard InChI is InChI=1S/C36H50N6O4.CH4/c1-25-22-28(23-26(2)27(25)3)24-33(34(43)40-15-9-30(10-16-40)39-20-13-37-14-21-39)46-36(45)41-17-11-31(12-18-41)42-19-8-29-6-4-5-7-32(29)38-35(42)44;/h4-7,22-23,30-31,33,37H,8-21,24H2,1-3H3,(H,38,44);1H4/t33-;/m1./s1. The molecule has 3 fully saturated rings. The number of anilines is 1. The molecule has 2 aromatic carbocycles. The average molecular weight is 647 g/mol. The van der Waals surface area contributed by atoms with Gasteiger partial charge in [-0.15, -0.1) is 0 Å². The van der Waals surface area contributed by atoms with Crippen molar-refractivity contribution in [2.24, 2.45) is 0 Å². The second-order valence-electron chi connectivity index (χ2n) is 13.5. The summed E-state index contributed by atoms with van der Waals surface area (Å²) < 4.78 is 6.11. The smallest absolute Gasteiger partial charge is 0.410 e. The van der Waals surface area contributed by atoms with Crippen LogP contribution in [0.25, 0.3) is 0 Å². The fraction of sp³-hybridized carbons (Fsp3) is 0.595. The molecule has 6 rings (SSSR count). The highest BCUT2D eigenvalue weighted by Gasteiger charge is 2.36. The summed E-state index contributed by atoms with van der Waals surface area (Å²) in [6, 6.07) is 12.6. The number of amides is 4. The van der Waals surface area contributed by atoms with E-state index in [1.54, 1.807) is 4.90 Å². The van der Waals surface area contributed by atoms with Gasteiger partial charge in [-0.1, -0.05) is 37.8 Å². The van der Waals surface area contributed by atoms with Crippen molar-refractivity contribution in [1.82, 2.24) is 24.9 Å². The van der Waals surface area contributed by atoms with Gasteiger partial charge in [0.15, 0.2) is 6.10 Å². The van der Waals surface area contributed by atoms with Gasteiger partial charge < -0.3 is 30.1 Å². The second kappa shape index (κ2) is 15.5. The van der Waals surface area contributed by atoms with Crippen LogP contribution in [-0.2, 0) is 22.4 Å². The highest BCUT2D eigenvalue weighted by molar-refractivity contribution is 5.91. The molecule has 0 aliphatic carbocycles. The van der Waals surface area contributed by atoms with Gasteiger partial charge in [0, 0.05) is 83.1 Å². The van der Waals surface area contributed by atoms with E-state index >= 15 is 0 Å². The lowest BCUT2D eigenvalue weighted by atomic mass is 9.96. The number of aryl methyl sites for hydroxylation is 2. The topological polar surface area (TPSA) is 97.5 Å². The lowest BCUT2D eigenvalue weighted by molar-refractivity contribution is -0.142. The third-order valence-electron chi connectivity index (χ3n) is 10.7. The Morgan fingerprint density at radius 2 is 1.47 bits per heavy atom. The summed E-state index contributed by atoms with van der Waals surface area (Å²) in [7, 11) is 0. The molecule has 4 aliphatic rings. The number of piperidine rings is 2. The quantitative estimate of drug-likeness (QED) is 0.471. The van der Waals surface area contributed by atoms with Crippen LogP contribution < -0.4 is 10.6 Å². The highest BCUT2D eigenvalue weighted by Crippen LogP contribution is 2.26. The number of nitrogens with one attached hydrogen (secondary N) is 2. The zero-order valence-corrected chi connectivity index (χ0v) is 27.7. The van der Waals surface area contributed by atoms with E-state index in [0.717, 1.165) is 62.3 Å². The Labute approximate surface area is 280 Å². The number of para-hydroxylation sites is 1. The van der Waals surface area contributed by atoms with E-state index in [1.165, 1.54) is 16.7 Å². The molecule has 10 heteroatoms. The molecule has 4 aliphatic heterocycles. The predicted molar refractivity (Wildman–Crippen MR) is 186 cm³/mol. The minimum Gasteiger partial charge on any atom is -0.436 e. The summed E-state index contributed by atoms with van der Waals surface area (Å²) in [5, 5.41) is 6.49. The Hall–Kier alpha value is -3.63. The van der Waals surface area contributed by atoms with Crippen LogP contribution in [0.2, 0.25) is 0 Å². The van der Waals surface area contributed by atoms with Crippen LogP contribution in [0.1, 0.15) is 60.9 Å². The number of urea groups is 1. The predicted octanol–water partition coefficient (Wildman–Crippen LogP) is 4.75. The lowest BCUT2D eigenvalue weighted by Gasteiger charge is -2.41. The number of hydrogen-bond donors (Lipinski definition) is 2. The van der Waals surface area contributed by atoms with Crippen molar-refractivity contribution in [3.63, 3.8) is 0 Å². The highest BCUT2D eigenvalue weighted by atomic mass is 16.6. The number of benzene rings is 2. The van der Waals surface area contributed by atoms with Crippen molar-refractivity contribution in [3.8, 4) is 0 Å². The number of hydrogen-bond acceptors (Lipinski definition) is 6. The van der Waals surface area contributed by atoms with Gasteiger partial charge in [-0.05, 0) is 86.8 Å². The van der Waals surface area contributed by atoms with Crippen LogP contribution in [0.4, 0.5) is 15.3 Å². The van der Waals surface area contributed by atoms with Crippen LogP contribution in [0.5, 0.6) is 0 Å². The van der Waals surface area contributed by atoms with Crippen LogP contribution in [-0.4, -0.2) is 115 Å². The lowest BCUT2D eigenvalue weighted by Crippen LogP contribution is -2.54. The molecule has 0 saturated carbocycles. The van der Waals surface area contributed by atoms with Crippen LogP contribution in [0, 0.1) is 20.8 Å². The molecule has 0 aromatic heterocycles. The van der Waals surface area contributed by atoms with E-state index in [-0.39, 0.29) is 25.4 Å². The zero-order chi connectivity index (χ0) is 32.2. The Bertz CT molecular complexity index is 1390. The first-order chi connectivity index (χ1) is 22.3. The van der Waals surface area contributed by atoms with Crippen molar-refractivity contribution >= 4 is 23.7 Å². The Morgan fingerprint density at radius 1 is 0.851 bits per heavy atom. The summed E-state index contributed by atoms with van der Waals surface area (Å²) in [5.74, 6) is -0.0984. The largest absolute Gasteiger partial charge is 0.436 e. The monoisotopic (exact) mass is 646 g/mol. The number of piperazine rings is 1. The molecular formula is C37H54N6O4. The molecule has 0 unspecified atom stereocenters. The minimum atomic E-state index is -0.877. The third kappa shape index (κ3) is 8.09. The van der Waals surface area contributed by atoms with Crippen LogP contribution in [0.3, 0.4) is 0 Å². The Morgan fingerprint density at radius 3 is 2.15 bits per heavy atom. The summed E-state index contributed by atoms with van der Waals surface area (Å²) in [5.41, 5.74) is 6.61. The summed E-state index contributed by atoms with van der Waals surface area (Å²) in [4.78, 5) is 48.8. The van der Waals surface area contributed by atoms with E-state index in [4.69, 9.17) is 4.74 Å². The van der Waals surface area contributed by atoms with Gasteiger partial charge in [0.05, 0.1) is 0 Å². The van der Waals surface area contributed by atoms with Gasteiger partial charge in [-0.2, -0.15) is 0 Å². The van der Waals surface area contributed by atoms with Gasteiger partial charge >= 0.3 is 12.1 Å². The Balaban J connectivity index is 0.00000433. The fourth-order valence-corrected chi connectivity index (χ4v) is 7.63. The van der Waals surface area contributed by atoms with Crippen molar-refractivity contribution in [3.05, 3.63) is 64.2 Å². The number of carbonyl (C=O) groups excluding carboxylic acids is 3. The number of likely N-dealkylation sites (tertiary alicyclic amines) is 2. The van der Waals surface area contributed by atoms with E-state index in [0.29, 0.717) is 58.0 Å². The number of ether oxygens (including phenoxy) is 1. The van der Waals surface area contributed by atoms with Crippen LogP contribution >= 0.6 is 0 Å². The molecule has 0 spiro atoms. The molecule has 1 atom stereocenters. The SMILES string of the molecule is C.Cc1cc(C[C@@H](OC(=O)N2CCC(N3CCc4ccccc4NC3=O)CC2)C(=O)N2CCC(N3CCNCC3)CC2)cc(C)c1C. The van der Waals surface area contributed by atoms with E-state index in [2.05, 4.69) is 54.5 Å². The molecule has 3 saturated heterocycles. The maximum atomic E-state index is 14.0. The number of nitrogens with zero attached hydrogens (tertiary/aromatic N) is 4. The maximum absolute atomic E-state index is 14.0. The van der Waals surface area contributed by atoms with Crippen molar-refractivity contribution in [2.45, 2.75) is 84.9 Å². The molecule has 0 bridgehead atoms. The molecule has 10 nitrogen and oxygen atoms in total. The summed E-state index contributed by atoms with van der Waals surface area (Å²) in [6.07, 6.45) is 3.06. The number of fused-ring (bicyclic) bond motifs is 1. The molecule has 47 heavy (non-hydrogen) atoms. The van der Waals surface area contributed by atoms with Crippen LogP contribution in [0.15, 0.2) is 36.4 Å². The van der Waals surface area contributed by atoms with Gasteiger partial charge in [0.25, 0.3) is 5.91 Å². The number of rotatable bonds is 6. The average Bonchev–Trinajstić information content (AvgIpc) is 3.25. The molecular weight excluding hydrogens is 592 g/mol. The molecule has 2 aromatic rings. The third-order valence-corrected chi connectivity index (χ3v) is 10.7. The van der Waals surface area contributed by atoms with Gasteiger partial charge in [0.1, 0.15) is 0 Å². The first kappa shape index (κ1) is 34.7. The molecule has 4 heterocycles. The zero-order valence-electron chi connectivity index (χ0n) is 27.7. The summed E-state index contributed by atoms with van der Waals surface area (Å²) in [6.45, 7) is 13.4. The summed E-state index contributed by atoms with van der Waals surface area (Å²) >= 11 is 0. The normalized spacial score (nSPS) is 20.5. The minimum absolute atomic E-state index is 0. The van der Waals surface area contributed by atoms with Crippen molar-refractivity contribution < 1.29 is 19.1 Å². The van der Waals surface area contributed by atoms with E-state index in [9.17, 15) is 14.4 Å². The van der Waals surface area contributed by atoms with Gasteiger partial charge in [-0.25, -0.2) is 9.59 Å². The van der Waals surface area contributed by atoms with Gasteiger partial charge in [-0.3, -0.25) is 9.69 Å².